The number of imidazole rings is 1. The van der Waals surface area contributed by atoms with Crippen LogP contribution in [0, 0.1) is 5.92 Å². The van der Waals surface area contributed by atoms with Gasteiger partial charge in [-0.05, 0) is 75.1 Å². The molecule has 1 unspecified atom stereocenters. The Kier molecular flexibility index (Phi) is 22.3. The molecule has 0 bridgehead atoms. The van der Waals surface area contributed by atoms with E-state index in [1.807, 2.05) is 107 Å². The van der Waals surface area contributed by atoms with Gasteiger partial charge in [-0.15, -0.1) is 0 Å². The number of carbonyl (C=O) groups is 5. The topological polar surface area (TPSA) is 275 Å². The second kappa shape index (κ2) is 29.1. The van der Waals surface area contributed by atoms with Crippen molar-refractivity contribution >= 4 is 55.4 Å². The van der Waals surface area contributed by atoms with E-state index in [0.29, 0.717) is 11.5 Å². The molecule has 2 aliphatic rings. The summed E-state index contributed by atoms with van der Waals surface area (Å²) in [6, 6.07) is 24.9. The highest BCUT2D eigenvalue weighted by atomic mass is 31.2. The van der Waals surface area contributed by atoms with Gasteiger partial charge in [0.05, 0.1) is 46.5 Å². The molecule has 25 heteroatoms. The first kappa shape index (κ1) is 63.7. The number of benzene rings is 3. The molecule has 2 saturated heterocycles. The van der Waals surface area contributed by atoms with E-state index in [2.05, 4.69) is 24.9 Å². The summed E-state index contributed by atoms with van der Waals surface area (Å²) in [7, 11) is 1.26. The smallest absolute Gasteiger partial charge is 0.303 e. The Balaban J connectivity index is 1.22. The molecule has 2 aliphatic heterocycles. The van der Waals surface area contributed by atoms with Crippen molar-refractivity contribution in [2.24, 2.45) is 5.92 Å². The van der Waals surface area contributed by atoms with Gasteiger partial charge >= 0.3 is 23.9 Å². The summed E-state index contributed by atoms with van der Waals surface area (Å²) >= 11 is 0. The molecule has 24 nitrogen and oxygen atoms in total. The number of H-pyrrole nitrogens is 1. The first-order chi connectivity index (χ1) is 39.6. The fourth-order valence-electron chi connectivity index (χ4n) is 9.84. The average molecular weight is 1180 g/mol. The Hall–Kier alpha value is -6.89. The summed E-state index contributed by atoms with van der Waals surface area (Å²) < 4.78 is 77.7. The SMILES string of the molecule is COc1ccc(C(OC[C@H]2O[C@@H](n3cnc4c(=O)[nH]c(NC(=O)C(C)C)nc43)C[C@@H]2OP(OCCCO[C@@H]2O[C@H](COC(C)=O)[C@@H](OC(C)=O)[C@H](OC(C)=O)[C@H]2OC(C)=O)N(C(C)C)C(C)C)(c2ccccc2)c2ccc(OC)cc2)cc1. The molecule has 2 aromatic heterocycles. The first-order valence-corrected chi connectivity index (χ1v) is 28.5. The number of aromatic amines is 1. The van der Waals surface area contributed by atoms with Gasteiger partial charge in [0.2, 0.25) is 11.9 Å². The van der Waals surface area contributed by atoms with E-state index in [9.17, 15) is 28.8 Å². The lowest BCUT2D eigenvalue weighted by Gasteiger charge is -2.44. The number of esters is 4. The average Bonchev–Trinajstić information content (AvgIpc) is 2.94. The highest BCUT2D eigenvalue weighted by Gasteiger charge is 2.53. The Morgan fingerprint density at radius 2 is 1.31 bits per heavy atom. The third kappa shape index (κ3) is 15.9. The van der Waals surface area contributed by atoms with E-state index in [0.717, 1.165) is 37.5 Å². The normalized spacial score (nSPS) is 21.3. The Labute approximate surface area is 482 Å². The number of hydrogen-bond donors (Lipinski definition) is 2. The standard InChI is InChI=1S/C58H75N6O18P/c1-33(2)54(69)61-57-60-53-49(55(70)62-57)59-32-63(53)48-29-45(46(80-48)31-75-58(40-17-14-13-15-18-40,41-19-23-43(71-11)24-20-41)42-21-25-44(72-12)26-22-42)82-83(64(34(3)4)35(5)6)76-28-16-27-73-56-52(79-39(10)68)51(78-38(9)67)50(77-37(8)66)47(81-56)30-74-36(7)65/h13-15,17-26,32-35,45-48,50-52,56H,16,27-31H2,1-12H3,(H2,60,61,62,69,70)/t45-,46+,47+,48+,50+,51-,52+,56+,83?/m0/s1. The maximum Gasteiger partial charge on any atom is 0.303 e. The lowest BCUT2D eigenvalue weighted by molar-refractivity contribution is -0.308. The molecule has 0 spiro atoms. The van der Waals surface area contributed by atoms with E-state index in [4.69, 9.17) is 56.4 Å². The molecular weight excluding hydrogens is 1100 g/mol. The number of nitrogens with zero attached hydrogens (tertiary/aromatic N) is 4. The van der Waals surface area contributed by atoms with Gasteiger partial charge in [-0.25, -0.2) is 9.65 Å². The third-order valence-electron chi connectivity index (χ3n) is 13.5. The molecule has 2 fully saturated rings. The molecule has 4 heterocycles. The predicted octanol–water partition coefficient (Wildman–Crippen LogP) is 7.26. The first-order valence-electron chi connectivity index (χ1n) is 27.4. The number of fused-ring (bicyclic) bond motifs is 1. The minimum absolute atomic E-state index is 0.0258. The summed E-state index contributed by atoms with van der Waals surface area (Å²) in [5.74, 6) is -2.47. The van der Waals surface area contributed by atoms with Gasteiger partial charge < -0.3 is 56.4 Å². The fourth-order valence-corrected chi connectivity index (χ4v) is 11.6. The van der Waals surface area contributed by atoms with Crippen molar-refractivity contribution in [3.8, 4) is 11.5 Å². The van der Waals surface area contributed by atoms with Crippen LogP contribution in [-0.4, -0.2) is 150 Å². The van der Waals surface area contributed by atoms with Crippen LogP contribution in [0.25, 0.3) is 11.2 Å². The number of hydrogen-bond acceptors (Lipinski definition) is 21. The highest BCUT2D eigenvalue weighted by Crippen LogP contribution is 2.51. The second-order valence-corrected chi connectivity index (χ2v) is 22.0. The van der Waals surface area contributed by atoms with Crippen LogP contribution in [0.15, 0.2) is 90.0 Å². The van der Waals surface area contributed by atoms with Crippen LogP contribution < -0.4 is 20.3 Å². The number of rotatable bonds is 27. The van der Waals surface area contributed by atoms with Gasteiger partial charge in [-0.1, -0.05) is 68.4 Å². The van der Waals surface area contributed by atoms with Crippen molar-refractivity contribution in [3.05, 3.63) is 112 Å². The predicted molar refractivity (Wildman–Crippen MR) is 301 cm³/mol. The van der Waals surface area contributed by atoms with Gasteiger partial charge in [-0.2, -0.15) is 4.98 Å². The fraction of sp³-hybridized carbons (Fsp3) is 0.517. The van der Waals surface area contributed by atoms with E-state index in [-0.39, 0.29) is 67.8 Å². The second-order valence-electron chi connectivity index (χ2n) is 20.6. The monoisotopic (exact) mass is 1170 g/mol. The van der Waals surface area contributed by atoms with Crippen molar-refractivity contribution in [2.45, 2.75) is 149 Å². The molecule has 1 amide bonds. The van der Waals surface area contributed by atoms with Crippen LogP contribution in [0.5, 0.6) is 11.5 Å². The third-order valence-corrected chi connectivity index (χ3v) is 15.7. The maximum absolute atomic E-state index is 13.5. The lowest BCUT2D eigenvalue weighted by Crippen LogP contribution is -2.63. The van der Waals surface area contributed by atoms with Crippen LogP contribution in [0.1, 0.15) is 105 Å². The van der Waals surface area contributed by atoms with Gasteiger partial charge in [0.1, 0.15) is 42.1 Å². The Morgan fingerprint density at radius 1 is 0.735 bits per heavy atom. The van der Waals surface area contributed by atoms with Gasteiger partial charge in [0.25, 0.3) is 14.1 Å². The summed E-state index contributed by atoms with van der Waals surface area (Å²) in [6.45, 7) is 15.7. The number of methoxy groups -OCH3 is 2. The van der Waals surface area contributed by atoms with Crippen LogP contribution in [0.4, 0.5) is 5.95 Å². The molecule has 5 aromatic rings. The van der Waals surface area contributed by atoms with Gasteiger partial charge in [0.15, 0.2) is 35.8 Å². The molecule has 0 aliphatic carbocycles. The van der Waals surface area contributed by atoms with E-state index in [1.54, 1.807) is 32.6 Å². The highest BCUT2D eigenvalue weighted by molar-refractivity contribution is 7.44. The van der Waals surface area contributed by atoms with E-state index in [1.165, 1.54) is 13.3 Å². The van der Waals surface area contributed by atoms with Crippen molar-refractivity contribution in [2.75, 3.05) is 46.0 Å². The minimum Gasteiger partial charge on any atom is -0.497 e. The molecular formula is C58H75N6O18P. The molecule has 83 heavy (non-hydrogen) atoms. The van der Waals surface area contributed by atoms with Crippen LogP contribution >= 0.6 is 8.53 Å². The van der Waals surface area contributed by atoms with Crippen molar-refractivity contribution < 1.29 is 80.4 Å². The zero-order valence-corrected chi connectivity index (χ0v) is 49.7. The minimum atomic E-state index is -1.95. The summed E-state index contributed by atoms with van der Waals surface area (Å²) in [4.78, 5) is 87.2. The van der Waals surface area contributed by atoms with E-state index < -0.39 is 105 Å². The number of aromatic nitrogens is 4. The molecule has 450 valence electrons. The number of anilines is 1. The summed E-state index contributed by atoms with van der Waals surface area (Å²) in [6.07, 6.45) is -7.33. The Morgan fingerprint density at radius 3 is 1.87 bits per heavy atom. The number of nitrogens with one attached hydrogen (secondary N) is 2. The zero-order valence-electron chi connectivity index (χ0n) is 48.8. The number of ether oxygens (including phenoxy) is 10. The molecule has 0 radical (unpaired) electrons. The summed E-state index contributed by atoms with van der Waals surface area (Å²) in [5, 5.41) is 2.69. The molecule has 3 aromatic carbocycles. The number of amides is 1. The molecule has 0 saturated carbocycles. The number of carbonyl (C=O) groups excluding carboxylic acids is 5. The van der Waals surface area contributed by atoms with Crippen molar-refractivity contribution in [1.29, 1.82) is 0 Å². The van der Waals surface area contributed by atoms with Gasteiger partial charge in [0, 0.05) is 52.1 Å². The van der Waals surface area contributed by atoms with Crippen molar-refractivity contribution in [3.63, 3.8) is 0 Å². The maximum atomic E-state index is 13.5. The van der Waals surface area contributed by atoms with Crippen LogP contribution in [0.3, 0.4) is 0 Å². The Bertz CT molecular complexity index is 2980. The van der Waals surface area contributed by atoms with Crippen LogP contribution in [0.2, 0.25) is 0 Å². The summed E-state index contributed by atoms with van der Waals surface area (Å²) in [5.41, 5.74) is 0.737. The largest absolute Gasteiger partial charge is 0.497 e. The zero-order chi connectivity index (χ0) is 60.1. The molecule has 9 atom stereocenters. The quantitative estimate of drug-likeness (QED) is 0.0172. The lowest BCUT2D eigenvalue weighted by atomic mass is 9.80. The van der Waals surface area contributed by atoms with Crippen LogP contribution in [-0.2, 0) is 76.5 Å². The molecule has 2 N–H and O–H groups in total. The molecule has 7 rings (SSSR count). The van der Waals surface area contributed by atoms with Crippen molar-refractivity contribution in [1.82, 2.24) is 24.2 Å². The van der Waals surface area contributed by atoms with Gasteiger partial charge in [-0.3, -0.25) is 43.6 Å². The van der Waals surface area contributed by atoms with E-state index >= 15 is 0 Å².